The van der Waals surface area contributed by atoms with E-state index >= 15 is 0 Å². The fraction of sp³-hybridized carbons (Fsp3) is 0.333. The number of anilines is 2. The lowest BCUT2D eigenvalue weighted by Gasteiger charge is -2.34. The second-order valence-electron chi connectivity index (χ2n) is 9.11. The summed E-state index contributed by atoms with van der Waals surface area (Å²) in [5, 5.41) is 9.62. The largest absolute Gasteiger partial charge is 0.573 e. The molecule has 3 aromatic rings. The number of hydrogen-bond donors (Lipinski definition) is 2. The van der Waals surface area contributed by atoms with E-state index in [0.717, 1.165) is 60.4 Å². The van der Waals surface area contributed by atoms with Gasteiger partial charge in [0.05, 0.1) is 17.1 Å². The summed E-state index contributed by atoms with van der Waals surface area (Å²) >= 11 is 0. The smallest absolute Gasteiger partial charge is 0.406 e. The number of nitrogens with one attached hydrogen (secondary N) is 2. The molecular formula is C24H25F3N6O4S. The molecule has 1 aromatic heterocycles. The fourth-order valence-electron chi connectivity index (χ4n) is 4.41. The van der Waals surface area contributed by atoms with E-state index in [2.05, 4.69) is 37.1 Å². The third kappa shape index (κ3) is 5.47. The summed E-state index contributed by atoms with van der Waals surface area (Å²) in [6, 6.07) is 11.3. The van der Waals surface area contributed by atoms with E-state index in [-0.39, 0.29) is 29.7 Å². The van der Waals surface area contributed by atoms with Crippen LogP contribution in [0.2, 0.25) is 0 Å². The van der Waals surface area contributed by atoms with Crippen molar-refractivity contribution in [3.8, 4) is 5.75 Å². The molecule has 3 heterocycles. The molecular weight excluding hydrogens is 525 g/mol. The van der Waals surface area contributed by atoms with E-state index in [1.165, 1.54) is 0 Å². The van der Waals surface area contributed by atoms with E-state index in [0.29, 0.717) is 16.8 Å². The van der Waals surface area contributed by atoms with Crippen molar-refractivity contribution in [2.24, 2.45) is 0 Å². The van der Waals surface area contributed by atoms with Gasteiger partial charge in [0, 0.05) is 49.5 Å². The maximum Gasteiger partial charge on any atom is 0.573 e. The molecule has 5 rings (SSSR count). The van der Waals surface area contributed by atoms with Gasteiger partial charge >= 0.3 is 6.36 Å². The number of fused-ring (bicyclic) bond motifs is 1. The first-order valence-electron chi connectivity index (χ1n) is 11.8. The number of rotatable bonds is 6. The Kier molecular flexibility index (Phi) is 6.79. The average molecular weight is 551 g/mol. The molecule has 2 N–H and O–H groups in total. The van der Waals surface area contributed by atoms with Crippen LogP contribution in [0.4, 0.5) is 24.7 Å². The van der Waals surface area contributed by atoms with Crippen LogP contribution in [0.5, 0.6) is 5.75 Å². The number of hydrogen-bond acceptors (Lipinski definition) is 7. The van der Waals surface area contributed by atoms with Crippen LogP contribution < -0.4 is 15.0 Å². The van der Waals surface area contributed by atoms with Crippen molar-refractivity contribution in [1.82, 2.24) is 19.4 Å². The molecule has 0 radical (unpaired) electrons. The Balaban J connectivity index is 1.24. The summed E-state index contributed by atoms with van der Waals surface area (Å²) in [6.07, 6.45) is -4.88. The van der Waals surface area contributed by atoms with Crippen molar-refractivity contribution in [1.29, 1.82) is 0 Å². The molecule has 14 heteroatoms. The minimum Gasteiger partial charge on any atom is -0.406 e. The van der Waals surface area contributed by atoms with Gasteiger partial charge in [-0.15, -0.1) is 13.2 Å². The predicted molar refractivity (Wildman–Crippen MR) is 132 cm³/mol. The average Bonchev–Trinajstić information content (AvgIpc) is 3.46. The second-order valence-corrected chi connectivity index (χ2v) is 11.1. The number of aromatic amines is 1. The number of carbonyl (C=O) groups excluding carboxylic acids is 1. The fourth-order valence-corrected chi connectivity index (χ4v) is 5.79. The van der Waals surface area contributed by atoms with Gasteiger partial charge in [0.1, 0.15) is 5.75 Å². The number of halogens is 3. The van der Waals surface area contributed by atoms with Crippen molar-refractivity contribution in [3.63, 3.8) is 0 Å². The van der Waals surface area contributed by atoms with Gasteiger partial charge in [-0.25, -0.2) is 8.42 Å². The van der Waals surface area contributed by atoms with Crippen molar-refractivity contribution in [2.45, 2.75) is 24.3 Å². The Morgan fingerprint density at radius 2 is 1.66 bits per heavy atom. The highest BCUT2D eigenvalue weighted by atomic mass is 32.2. The summed E-state index contributed by atoms with van der Waals surface area (Å²) in [5.41, 5.74) is 2.51. The molecule has 0 atom stereocenters. The van der Waals surface area contributed by atoms with Crippen LogP contribution in [-0.4, -0.2) is 73.3 Å². The number of sulfonamides is 1. The van der Waals surface area contributed by atoms with Crippen molar-refractivity contribution in [2.75, 3.05) is 43.4 Å². The first kappa shape index (κ1) is 26.0. The van der Waals surface area contributed by atoms with Gasteiger partial charge in [0.2, 0.25) is 10.0 Å². The van der Waals surface area contributed by atoms with Crippen LogP contribution in [-0.2, 0) is 23.1 Å². The van der Waals surface area contributed by atoms with Crippen molar-refractivity contribution < 1.29 is 31.1 Å². The Labute approximate surface area is 217 Å². The third-order valence-electron chi connectivity index (χ3n) is 6.55. The molecule has 0 saturated carbocycles. The van der Waals surface area contributed by atoms with Crippen LogP contribution >= 0.6 is 0 Å². The van der Waals surface area contributed by atoms with Gasteiger partial charge in [0.15, 0.2) is 5.82 Å². The minimum absolute atomic E-state index is 0.0267. The minimum atomic E-state index is -4.88. The molecule has 0 spiro atoms. The number of carbonyl (C=O) groups is 1. The number of ether oxygens (including phenoxy) is 1. The number of piperazine rings is 1. The van der Waals surface area contributed by atoms with Crippen LogP contribution in [0, 0.1) is 0 Å². The van der Waals surface area contributed by atoms with Gasteiger partial charge in [0.25, 0.3) is 5.91 Å². The lowest BCUT2D eigenvalue weighted by atomic mass is 10.1. The quantitative estimate of drug-likeness (QED) is 0.486. The Morgan fingerprint density at radius 3 is 2.29 bits per heavy atom. The molecule has 1 fully saturated rings. The first-order valence-corrected chi connectivity index (χ1v) is 13.2. The topological polar surface area (TPSA) is 111 Å². The molecule has 202 valence electrons. The molecule has 38 heavy (non-hydrogen) atoms. The molecule has 10 nitrogen and oxygen atoms in total. The molecule has 0 unspecified atom stereocenters. The maximum absolute atomic E-state index is 13.1. The Morgan fingerprint density at radius 1 is 1.00 bits per heavy atom. The number of likely N-dealkylation sites (N-methyl/N-ethyl adjacent to an activating group) is 1. The van der Waals surface area contributed by atoms with E-state index in [1.54, 1.807) is 12.1 Å². The third-order valence-corrected chi connectivity index (χ3v) is 8.35. The molecule has 1 amide bonds. The number of H-pyrrole nitrogens is 1. The molecule has 2 aromatic carbocycles. The Bertz CT molecular complexity index is 1420. The lowest BCUT2D eigenvalue weighted by molar-refractivity contribution is -0.274. The molecule has 0 bridgehead atoms. The van der Waals surface area contributed by atoms with Gasteiger partial charge in [-0.1, -0.05) is 0 Å². The SMILES string of the molecule is CN1CCN(c2ccc(C(=O)Nc3n[nH]c4c3CN(S(=O)(=O)c3ccc(OC(F)(F)F)cc3)C4)cc2)CC1. The zero-order chi connectivity index (χ0) is 27.1. The Hall–Kier alpha value is -3.62. The van der Waals surface area contributed by atoms with Crippen molar-refractivity contribution in [3.05, 3.63) is 65.4 Å². The van der Waals surface area contributed by atoms with Crippen LogP contribution in [0.15, 0.2) is 53.4 Å². The number of benzene rings is 2. The molecule has 2 aliphatic heterocycles. The summed E-state index contributed by atoms with van der Waals surface area (Å²) in [7, 11) is -1.94. The summed E-state index contributed by atoms with van der Waals surface area (Å²) in [5.74, 6) is -0.681. The zero-order valence-electron chi connectivity index (χ0n) is 20.3. The lowest BCUT2D eigenvalue weighted by Crippen LogP contribution is -2.44. The van der Waals surface area contributed by atoms with E-state index in [9.17, 15) is 26.4 Å². The van der Waals surface area contributed by atoms with Gasteiger partial charge in [-0.3, -0.25) is 9.89 Å². The molecule has 2 aliphatic rings. The molecule has 0 aliphatic carbocycles. The monoisotopic (exact) mass is 550 g/mol. The summed E-state index contributed by atoms with van der Waals surface area (Å²) in [4.78, 5) is 17.2. The van der Waals surface area contributed by atoms with Gasteiger partial charge in [-0.2, -0.15) is 9.40 Å². The number of nitrogens with zero attached hydrogens (tertiary/aromatic N) is 4. The number of aromatic nitrogens is 2. The van der Waals surface area contributed by atoms with Crippen LogP contribution in [0.1, 0.15) is 21.6 Å². The second kappa shape index (κ2) is 9.93. The van der Waals surface area contributed by atoms with Gasteiger partial charge in [-0.05, 0) is 55.6 Å². The normalized spacial score (nSPS) is 16.9. The summed E-state index contributed by atoms with van der Waals surface area (Å²) < 4.78 is 68.2. The highest BCUT2D eigenvalue weighted by molar-refractivity contribution is 7.89. The van der Waals surface area contributed by atoms with E-state index in [4.69, 9.17) is 0 Å². The summed E-state index contributed by atoms with van der Waals surface area (Å²) in [6.45, 7) is 3.67. The standard InChI is InChI=1S/C24H25F3N6O4S/c1-31-10-12-32(13-11-31)17-4-2-16(3-5-17)23(34)28-22-20-14-33(15-21(20)29-30-22)38(35,36)19-8-6-18(7-9-19)37-24(25,26)27/h2-9H,10-15H2,1H3,(H2,28,29,30,34). The maximum atomic E-state index is 13.1. The number of alkyl halides is 3. The van der Waals surface area contributed by atoms with E-state index < -0.39 is 22.1 Å². The van der Waals surface area contributed by atoms with Crippen molar-refractivity contribution >= 4 is 27.4 Å². The predicted octanol–water partition coefficient (Wildman–Crippen LogP) is 3.02. The zero-order valence-corrected chi connectivity index (χ0v) is 21.1. The van der Waals surface area contributed by atoms with E-state index in [1.807, 2.05) is 12.1 Å². The van der Waals surface area contributed by atoms with Crippen LogP contribution in [0.25, 0.3) is 0 Å². The highest BCUT2D eigenvalue weighted by Gasteiger charge is 2.35. The first-order chi connectivity index (χ1) is 18.0. The molecule has 1 saturated heterocycles. The van der Waals surface area contributed by atoms with Crippen LogP contribution in [0.3, 0.4) is 0 Å². The highest BCUT2D eigenvalue weighted by Crippen LogP contribution is 2.33. The number of amides is 1. The van der Waals surface area contributed by atoms with Gasteiger partial charge < -0.3 is 19.9 Å².